The molecule has 0 radical (unpaired) electrons. The second-order valence-corrected chi connectivity index (χ2v) is 3.44. The Bertz CT molecular complexity index is 506. The molecule has 2 aromatic rings. The summed E-state index contributed by atoms with van der Waals surface area (Å²) in [6.45, 7) is 1.99. The van der Waals surface area contributed by atoms with Gasteiger partial charge in [-0.05, 0) is 24.1 Å². The first-order valence-electron chi connectivity index (χ1n) is 4.77. The third-order valence-corrected chi connectivity index (χ3v) is 2.35. The van der Waals surface area contributed by atoms with Crippen LogP contribution in [-0.4, -0.2) is 10.2 Å². The molecule has 0 spiro atoms. The fourth-order valence-electron chi connectivity index (χ4n) is 1.58. The van der Waals surface area contributed by atoms with E-state index in [1.807, 2.05) is 31.2 Å². The van der Waals surface area contributed by atoms with Crippen molar-refractivity contribution in [2.45, 2.75) is 13.3 Å². The SMILES string of the molecule is Cc1[nH]ncc1-c1cccc(CC#N)c1. The van der Waals surface area contributed by atoms with Crippen molar-refractivity contribution in [3.8, 4) is 17.2 Å². The molecule has 0 amide bonds. The van der Waals surface area contributed by atoms with E-state index >= 15 is 0 Å². The summed E-state index contributed by atoms with van der Waals surface area (Å²) in [6, 6.07) is 10.1. The fraction of sp³-hybridized carbons (Fsp3) is 0.167. The predicted octanol–water partition coefficient (Wildman–Crippen LogP) is 2.45. The summed E-state index contributed by atoms with van der Waals surface area (Å²) < 4.78 is 0. The molecule has 2 rings (SSSR count). The first-order valence-corrected chi connectivity index (χ1v) is 4.77. The molecule has 1 N–H and O–H groups in total. The van der Waals surface area contributed by atoms with Gasteiger partial charge >= 0.3 is 0 Å². The third-order valence-electron chi connectivity index (χ3n) is 2.35. The van der Waals surface area contributed by atoms with Gasteiger partial charge in [0.1, 0.15) is 0 Å². The average molecular weight is 197 g/mol. The molecule has 1 heterocycles. The van der Waals surface area contributed by atoms with Gasteiger partial charge in [-0.1, -0.05) is 18.2 Å². The minimum Gasteiger partial charge on any atom is -0.282 e. The summed E-state index contributed by atoms with van der Waals surface area (Å²) in [4.78, 5) is 0. The second kappa shape index (κ2) is 3.97. The molecule has 0 aliphatic heterocycles. The lowest BCUT2D eigenvalue weighted by Crippen LogP contribution is -1.84. The number of hydrogen-bond acceptors (Lipinski definition) is 2. The topological polar surface area (TPSA) is 52.5 Å². The molecule has 0 saturated heterocycles. The second-order valence-electron chi connectivity index (χ2n) is 3.44. The average Bonchev–Trinajstić information content (AvgIpc) is 2.65. The van der Waals surface area contributed by atoms with Crippen LogP contribution in [0.4, 0.5) is 0 Å². The molecule has 3 heteroatoms. The number of nitrogens with one attached hydrogen (secondary N) is 1. The summed E-state index contributed by atoms with van der Waals surface area (Å²) in [7, 11) is 0. The van der Waals surface area contributed by atoms with Crippen LogP contribution in [0.15, 0.2) is 30.5 Å². The van der Waals surface area contributed by atoms with Crippen molar-refractivity contribution in [3.63, 3.8) is 0 Å². The third kappa shape index (κ3) is 1.89. The summed E-state index contributed by atoms with van der Waals surface area (Å²) in [6.07, 6.45) is 2.26. The summed E-state index contributed by atoms with van der Waals surface area (Å²) in [5, 5.41) is 15.5. The molecule has 1 aromatic heterocycles. The Balaban J connectivity index is 2.42. The van der Waals surface area contributed by atoms with E-state index in [1.165, 1.54) is 0 Å². The highest BCUT2D eigenvalue weighted by atomic mass is 15.1. The van der Waals surface area contributed by atoms with Gasteiger partial charge in [-0.25, -0.2) is 0 Å². The van der Waals surface area contributed by atoms with Crippen LogP contribution in [0, 0.1) is 18.3 Å². The van der Waals surface area contributed by atoms with Crippen molar-refractivity contribution < 1.29 is 0 Å². The van der Waals surface area contributed by atoms with E-state index in [1.54, 1.807) is 6.20 Å². The molecule has 0 aliphatic rings. The molecule has 1 aromatic carbocycles. The molecule has 74 valence electrons. The van der Waals surface area contributed by atoms with Crippen LogP contribution in [0.1, 0.15) is 11.3 Å². The van der Waals surface area contributed by atoms with E-state index in [2.05, 4.69) is 16.3 Å². The lowest BCUT2D eigenvalue weighted by atomic mass is 10.0. The van der Waals surface area contributed by atoms with Crippen LogP contribution in [0.3, 0.4) is 0 Å². The van der Waals surface area contributed by atoms with E-state index in [0.717, 1.165) is 22.4 Å². The number of rotatable bonds is 2. The first-order chi connectivity index (χ1) is 7.31. The van der Waals surface area contributed by atoms with Crippen LogP contribution in [-0.2, 0) is 6.42 Å². The quantitative estimate of drug-likeness (QED) is 0.803. The molecule has 0 saturated carbocycles. The predicted molar refractivity (Wildman–Crippen MR) is 58.1 cm³/mol. The summed E-state index contributed by atoms with van der Waals surface area (Å²) in [5.41, 5.74) is 4.28. The van der Waals surface area contributed by atoms with Crippen LogP contribution < -0.4 is 0 Å². The van der Waals surface area contributed by atoms with Gasteiger partial charge in [0, 0.05) is 11.3 Å². The van der Waals surface area contributed by atoms with Gasteiger partial charge in [0.25, 0.3) is 0 Å². The number of benzene rings is 1. The van der Waals surface area contributed by atoms with Crippen LogP contribution in [0.25, 0.3) is 11.1 Å². The Hall–Kier alpha value is -2.08. The highest BCUT2D eigenvalue weighted by Gasteiger charge is 2.03. The van der Waals surface area contributed by atoms with Gasteiger partial charge in [0.15, 0.2) is 0 Å². The highest BCUT2D eigenvalue weighted by Crippen LogP contribution is 2.22. The van der Waals surface area contributed by atoms with Crippen molar-refractivity contribution in [1.29, 1.82) is 5.26 Å². The maximum atomic E-state index is 8.63. The smallest absolute Gasteiger partial charge is 0.0669 e. The van der Waals surface area contributed by atoms with Crippen molar-refractivity contribution in [3.05, 3.63) is 41.7 Å². The molecule has 0 atom stereocenters. The van der Waals surface area contributed by atoms with Gasteiger partial charge in [-0.2, -0.15) is 10.4 Å². The van der Waals surface area contributed by atoms with Crippen molar-refractivity contribution >= 4 is 0 Å². The number of nitriles is 1. The fourth-order valence-corrected chi connectivity index (χ4v) is 1.58. The number of H-pyrrole nitrogens is 1. The standard InChI is InChI=1S/C12H11N3/c1-9-12(8-14-15-9)11-4-2-3-10(7-11)5-6-13/h2-4,7-8H,5H2,1H3,(H,14,15). The summed E-state index contributed by atoms with van der Waals surface area (Å²) in [5.74, 6) is 0. The minimum absolute atomic E-state index is 0.449. The number of hydrogen-bond donors (Lipinski definition) is 1. The maximum absolute atomic E-state index is 8.63. The maximum Gasteiger partial charge on any atom is 0.0669 e. The lowest BCUT2D eigenvalue weighted by molar-refractivity contribution is 1.05. The van der Waals surface area contributed by atoms with E-state index < -0.39 is 0 Å². The van der Waals surface area contributed by atoms with Gasteiger partial charge in [-0.3, -0.25) is 5.10 Å². The molecule has 3 nitrogen and oxygen atoms in total. The zero-order chi connectivity index (χ0) is 10.7. The molecule has 0 fully saturated rings. The van der Waals surface area contributed by atoms with Crippen molar-refractivity contribution in [2.24, 2.45) is 0 Å². The molecular formula is C12H11N3. The normalized spacial score (nSPS) is 9.87. The Morgan fingerprint density at radius 1 is 1.47 bits per heavy atom. The largest absolute Gasteiger partial charge is 0.282 e. The van der Waals surface area contributed by atoms with Crippen molar-refractivity contribution in [1.82, 2.24) is 10.2 Å². The molecule has 15 heavy (non-hydrogen) atoms. The Kier molecular flexibility index (Phi) is 2.51. The Morgan fingerprint density at radius 3 is 3.00 bits per heavy atom. The van der Waals surface area contributed by atoms with Gasteiger partial charge in [-0.15, -0.1) is 0 Å². The number of aromatic nitrogens is 2. The zero-order valence-electron chi connectivity index (χ0n) is 8.49. The monoisotopic (exact) mass is 197 g/mol. The van der Waals surface area contributed by atoms with Gasteiger partial charge < -0.3 is 0 Å². The van der Waals surface area contributed by atoms with Crippen LogP contribution in [0.5, 0.6) is 0 Å². The Morgan fingerprint density at radius 2 is 2.33 bits per heavy atom. The highest BCUT2D eigenvalue weighted by molar-refractivity contribution is 5.65. The van der Waals surface area contributed by atoms with Crippen molar-refractivity contribution in [2.75, 3.05) is 0 Å². The van der Waals surface area contributed by atoms with Gasteiger partial charge in [0.05, 0.1) is 18.7 Å². The van der Waals surface area contributed by atoms with E-state index in [4.69, 9.17) is 5.26 Å². The van der Waals surface area contributed by atoms with Gasteiger partial charge in [0.2, 0.25) is 0 Å². The van der Waals surface area contributed by atoms with E-state index in [-0.39, 0.29) is 0 Å². The number of aromatic amines is 1. The lowest BCUT2D eigenvalue weighted by Gasteiger charge is -2.01. The zero-order valence-corrected chi connectivity index (χ0v) is 8.49. The van der Waals surface area contributed by atoms with E-state index in [0.29, 0.717) is 6.42 Å². The molecule has 0 unspecified atom stereocenters. The van der Waals surface area contributed by atoms with Crippen LogP contribution >= 0.6 is 0 Å². The minimum atomic E-state index is 0.449. The first kappa shape index (κ1) is 9.47. The molecular weight excluding hydrogens is 186 g/mol. The Labute approximate surface area is 88.4 Å². The number of nitrogens with zero attached hydrogens (tertiary/aromatic N) is 2. The number of aryl methyl sites for hydroxylation is 1. The molecule has 0 bridgehead atoms. The molecule has 0 aliphatic carbocycles. The van der Waals surface area contributed by atoms with E-state index in [9.17, 15) is 0 Å². The summed E-state index contributed by atoms with van der Waals surface area (Å²) >= 11 is 0. The van der Waals surface area contributed by atoms with Crippen LogP contribution in [0.2, 0.25) is 0 Å².